The van der Waals surface area contributed by atoms with Crippen LogP contribution in [0.4, 0.5) is 0 Å². The summed E-state index contributed by atoms with van der Waals surface area (Å²) in [5.41, 5.74) is 3.94. The first kappa shape index (κ1) is 20.1. The third-order valence-electron chi connectivity index (χ3n) is 4.70. The number of fused-ring (bicyclic) bond motifs is 2. The van der Waals surface area contributed by atoms with E-state index in [4.69, 9.17) is 4.84 Å². The molecule has 7 heteroatoms. The lowest BCUT2D eigenvalue weighted by Crippen LogP contribution is -2.27. The summed E-state index contributed by atoms with van der Waals surface area (Å²) < 4.78 is 1.60. The molecule has 3 aromatic carbocycles. The zero-order valence-electron chi connectivity index (χ0n) is 16.5. The zero-order valence-corrected chi connectivity index (χ0v) is 17.3. The van der Waals surface area contributed by atoms with E-state index in [1.807, 2.05) is 73.7 Å². The predicted octanol–water partition coefficient (Wildman–Crippen LogP) is 3.91. The maximum Gasteiger partial charge on any atom is 0.262 e. The van der Waals surface area contributed by atoms with Gasteiger partial charge in [0.15, 0.2) is 5.16 Å². The number of aromatic nitrogens is 2. The molecule has 0 spiro atoms. The molecule has 4 rings (SSSR count). The zero-order chi connectivity index (χ0) is 20.9. The first-order valence-electron chi connectivity index (χ1n) is 9.66. The summed E-state index contributed by atoms with van der Waals surface area (Å²) in [6, 6.07) is 21.3. The fraction of sp³-hybridized carbons (Fsp3) is 0.174. The number of rotatable bonds is 7. The summed E-state index contributed by atoms with van der Waals surface area (Å²) >= 11 is 1.22. The number of hydroxylamine groups is 1. The van der Waals surface area contributed by atoms with Crippen molar-refractivity contribution < 1.29 is 9.63 Å². The summed E-state index contributed by atoms with van der Waals surface area (Å²) in [6.07, 6.45) is 0. The van der Waals surface area contributed by atoms with Gasteiger partial charge in [0.2, 0.25) is 0 Å². The maximum absolute atomic E-state index is 13.0. The van der Waals surface area contributed by atoms with Crippen molar-refractivity contribution in [2.75, 3.05) is 5.75 Å². The van der Waals surface area contributed by atoms with Crippen LogP contribution in [0.5, 0.6) is 0 Å². The van der Waals surface area contributed by atoms with Crippen molar-refractivity contribution in [2.24, 2.45) is 0 Å². The Morgan fingerprint density at radius 2 is 1.77 bits per heavy atom. The number of nitrogens with one attached hydrogen (secondary N) is 1. The minimum absolute atomic E-state index is 0.0975. The molecular weight excluding hydrogens is 398 g/mol. The Hall–Kier alpha value is -3.16. The van der Waals surface area contributed by atoms with Crippen molar-refractivity contribution in [1.82, 2.24) is 15.0 Å². The van der Waals surface area contributed by atoms with E-state index in [0.29, 0.717) is 22.6 Å². The Morgan fingerprint density at radius 3 is 2.50 bits per heavy atom. The van der Waals surface area contributed by atoms with E-state index in [1.54, 1.807) is 4.57 Å². The van der Waals surface area contributed by atoms with Gasteiger partial charge in [0.1, 0.15) is 0 Å². The van der Waals surface area contributed by atoms with Crippen LogP contribution >= 0.6 is 11.8 Å². The van der Waals surface area contributed by atoms with Crippen LogP contribution in [0.2, 0.25) is 0 Å². The largest absolute Gasteiger partial charge is 0.287 e. The van der Waals surface area contributed by atoms with E-state index < -0.39 is 0 Å². The van der Waals surface area contributed by atoms with Crippen LogP contribution in [0.25, 0.3) is 21.7 Å². The Labute approximate surface area is 177 Å². The van der Waals surface area contributed by atoms with Crippen molar-refractivity contribution >= 4 is 39.3 Å². The molecule has 1 heterocycles. The third-order valence-corrected chi connectivity index (χ3v) is 5.68. The van der Waals surface area contributed by atoms with Crippen LogP contribution in [0.15, 0.2) is 76.7 Å². The number of hydrogen-bond acceptors (Lipinski definition) is 5. The summed E-state index contributed by atoms with van der Waals surface area (Å²) in [5.74, 6) is -0.188. The fourth-order valence-electron chi connectivity index (χ4n) is 3.21. The average molecular weight is 420 g/mol. The van der Waals surface area contributed by atoms with E-state index in [2.05, 4.69) is 10.5 Å². The van der Waals surface area contributed by atoms with Gasteiger partial charge < -0.3 is 0 Å². The van der Waals surface area contributed by atoms with Gasteiger partial charge in [-0.1, -0.05) is 66.4 Å². The Kier molecular flexibility index (Phi) is 6.11. The Morgan fingerprint density at radius 1 is 1.07 bits per heavy atom. The molecule has 1 amide bonds. The molecule has 0 fully saturated rings. The molecule has 6 nitrogen and oxygen atoms in total. The molecule has 0 bridgehead atoms. The Bertz CT molecular complexity index is 1260. The molecule has 4 aromatic rings. The number of benzene rings is 3. The van der Waals surface area contributed by atoms with Crippen LogP contribution in [-0.4, -0.2) is 21.2 Å². The molecule has 0 unspecified atom stereocenters. The lowest BCUT2D eigenvalue weighted by molar-refractivity contribution is -0.131. The summed E-state index contributed by atoms with van der Waals surface area (Å²) in [4.78, 5) is 35.1. The molecule has 0 aliphatic heterocycles. The van der Waals surface area contributed by atoms with Crippen molar-refractivity contribution in [2.45, 2.75) is 25.2 Å². The normalized spacial score (nSPS) is 11.1. The number of carbonyl (C=O) groups is 1. The summed E-state index contributed by atoms with van der Waals surface area (Å²) in [7, 11) is 0. The van der Waals surface area contributed by atoms with Crippen molar-refractivity contribution in [3.8, 4) is 0 Å². The second-order valence-electron chi connectivity index (χ2n) is 6.75. The number of thioether (sulfide) groups is 1. The molecule has 1 N–H and O–H groups in total. The molecule has 30 heavy (non-hydrogen) atoms. The monoisotopic (exact) mass is 419 g/mol. The maximum atomic E-state index is 13.0. The predicted molar refractivity (Wildman–Crippen MR) is 119 cm³/mol. The van der Waals surface area contributed by atoms with Crippen LogP contribution in [0.1, 0.15) is 12.5 Å². The number of hydrogen-bond donors (Lipinski definition) is 1. The fourth-order valence-corrected chi connectivity index (χ4v) is 4.06. The van der Waals surface area contributed by atoms with Gasteiger partial charge in [-0.25, -0.2) is 10.5 Å². The van der Waals surface area contributed by atoms with Gasteiger partial charge >= 0.3 is 0 Å². The van der Waals surface area contributed by atoms with Gasteiger partial charge in [-0.15, -0.1) is 0 Å². The molecule has 0 saturated carbocycles. The van der Waals surface area contributed by atoms with E-state index in [1.165, 1.54) is 11.8 Å². The lowest BCUT2D eigenvalue weighted by Gasteiger charge is -2.12. The number of amides is 1. The number of nitrogens with zero attached hydrogens (tertiary/aromatic N) is 2. The van der Waals surface area contributed by atoms with E-state index in [9.17, 15) is 9.59 Å². The van der Waals surface area contributed by atoms with Crippen molar-refractivity contribution in [1.29, 1.82) is 0 Å². The van der Waals surface area contributed by atoms with Gasteiger partial charge in [-0.2, -0.15) is 0 Å². The highest BCUT2D eigenvalue weighted by atomic mass is 32.2. The van der Waals surface area contributed by atoms with Crippen LogP contribution in [0, 0.1) is 0 Å². The van der Waals surface area contributed by atoms with Gasteiger partial charge in [-0.05, 0) is 35.4 Å². The van der Waals surface area contributed by atoms with Crippen LogP contribution < -0.4 is 11.0 Å². The quantitative estimate of drug-likeness (QED) is 0.213. The molecule has 0 atom stereocenters. The first-order valence-corrected chi connectivity index (χ1v) is 10.6. The first-order chi connectivity index (χ1) is 14.7. The van der Waals surface area contributed by atoms with Gasteiger partial charge in [-0.3, -0.25) is 19.0 Å². The molecular formula is C23H21N3O3S. The molecule has 0 radical (unpaired) electrons. The van der Waals surface area contributed by atoms with Gasteiger partial charge in [0.25, 0.3) is 11.5 Å². The lowest BCUT2D eigenvalue weighted by atomic mass is 10.1. The summed E-state index contributed by atoms with van der Waals surface area (Å²) in [5, 5.41) is 3.12. The smallest absolute Gasteiger partial charge is 0.262 e. The Balaban J connectivity index is 1.49. The van der Waals surface area contributed by atoms with E-state index in [-0.39, 0.29) is 23.8 Å². The molecule has 0 aliphatic rings. The standard InChI is InChI=1S/C23H21N3O3S/c1-2-26-22(28)19-12-17-10-6-7-11-18(17)13-20(19)24-23(26)30-15-21(27)25-29-14-16-8-4-3-5-9-16/h3-13H,2,14-15H2,1H3,(H,25,27). The van der Waals surface area contributed by atoms with E-state index in [0.717, 1.165) is 16.3 Å². The molecule has 152 valence electrons. The van der Waals surface area contributed by atoms with Crippen LogP contribution in [0.3, 0.4) is 0 Å². The third kappa shape index (κ3) is 4.37. The van der Waals surface area contributed by atoms with Gasteiger partial charge in [0.05, 0.1) is 23.3 Å². The highest BCUT2D eigenvalue weighted by Gasteiger charge is 2.13. The highest BCUT2D eigenvalue weighted by molar-refractivity contribution is 7.99. The molecule has 1 aromatic heterocycles. The minimum atomic E-state index is -0.286. The minimum Gasteiger partial charge on any atom is -0.287 e. The summed E-state index contributed by atoms with van der Waals surface area (Å²) in [6.45, 7) is 2.66. The highest BCUT2D eigenvalue weighted by Crippen LogP contribution is 2.22. The van der Waals surface area contributed by atoms with Gasteiger partial charge in [0, 0.05) is 6.54 Å². The second kappa shape index (κ2) is 9.11. The average Bonchev–Trinajstić information content (AvgIpc) is 2.77. The van der Waals surface area contributed by atoms with Crippen molar-refractivity contribution in [3.05, 3.63) is 82.6 Å². The van der Waals surface area contributed by atoms with E-state index >= 15 is 0 Å². The molecule has 0 aliphatic carbocycles. The topological polar surface area (TPSA) is 73.2 Å². The molecule has 0 saturated heterocycles. The van der Waals surface area contributed by atoms with Crippen molar-refractivity contribution in [3.63, 3.8) is 0 Å². The second-order valence-corrected chi connectivity index (χ2v) is 7.69. The van der Waals surface area contributed by atoms with Crippen LogP contribution in [-0.2, 0) is 22.8 Å². The SMILES string of the molecule is CCn1c(SCC(=O)NOCc2ccccc2)nc2cc3ccccc3cc2c1=O. The number of carbonyl (C=O) groups excluding carboxylic acids is 1.